The molecule has 0 spiro atoms. The second kappa shape index (κ2) is 4.05. The molecule has 0 aromatic heterocycles. The van der Waals surface area contributed by atoms with E-state index in [0.717, 1.165) is 5.56 Å². The first-order chi connectivity index (χ1) is 6.15. The van der Waals surface area contributed by atoms with Gasteiger partial charge in [-0.2, -0.15) is 0 Å². The number of phenolic OH excluding ortho intramolecular Hbond substituents is 1. The van der Waals surface area contributed by atoms with E-state index in [1.807, 2.05) is 6.92 Å². The molecular weight excluding hydrogens is 168 g/mol. The third-order valence-corrected chi connectivity index (χ3v) is 1.73. The van der Waals surface area contributed by atoms with Gasteiger partial charge in [0.1, 0.15) is 12.4 Å². The van der Waals surface area contributed by atoms with E-state index in [4.69, 9.17) is 0 Å². The number of hydrogen-bond acceptors (Lipinski definition) is 3. The van der Waals surface area contributed by atoms with Crippen molar-refractivity contribution in [3.05, 3.63) is 29.3 Å². The molecule has 0 aliphatic rings. The number of carbonyl (C=O) groups is 1. The fourth-order valence-corrected chi connectivity index (χ4v) is 1.09. The predicted molar refractivity (Wildman–Crippen MR) is 49.1 cm³/mol. The summed E-state index contributed by atoms with van der Waals surface area (Å²) in [5.74, 6) is -0.193. The van der Waals surface area contributed by atoms with Crippen LogP contribution in [-0.2, 0) is 4.74 Å². The Hall–Kier alpha value is -1.35. The van der Waals surface area contributed by atoms with Gasteiger partial charge in [-0.1, -0.05) is 6.07 Å². The van der Waals surface area contributed by atoms with E-state index in [1.165, 1.54) is 7.11 Å². The van der Waals surface area contributed by atoms with E-state index in [0.29, 0.717) is 5.56 Å². The van der Waals surface area contributed by atoms with Crippen LogP contribution >= 0.6 is 0 Å². The molecule has 0 saturated heterocycles. The lowest BCUT2D eigenvalue weighted by molar-refractivity contribution is 0.0845. The van der Waals surface area contributed by atoms with Gasteiger partial charge < -0.3 is 9.84 Å². The summed E-state index contributed by atoms with van der Waals surface area (Å²) in [4.78, 5) is 11.3. The number of rotatable bonds is 3. The average molecular weight is 180 g/mol. The monoisotopic (exact) mass is 180 g/mol. The smallest absolute Gasteiger partial charge is 0.192 e. The van der Waals surface area contributed by atoms with Gasteiger partial charge in [-0.05, 0) is 24.6 Å². The van der Waals surface area contributed by atoms with Gasteiger partial charge in [0.25, 0.3) is 0 Å². The molecule has 1 N–H and O–H groups in total. The lowest BCUT2D eigenvalue weighted by Crippen LogP contribution is -2.07. The van der Waals surface area contributed by atoms with Crippen LogP contribution in [0.15, 0.2) is 18.2 Å². The van der Waals surface area contributed by atoms with Crippen molar-refractivity contribution < 1.29 is 14.6 Å². The molecule has 0 radical (unpaired) electrons. The first-order valence-electron chi connectivity index (χ1n) is 3.97. The molecule has 0 aliphatic heterocycles. The molecular formula is C10H12O3. The van der Waals surface area contributed by atoms with Crippen LogP contribution in [0.4, 0.5) is 0 Å². The Morgan fingerprint density at radius 2 is 2.23 bits per heavy atom. The minimum absolute atomic E-state index is 0.00335. The van der Waals surface area contributed by atoms with Crippen molar-refractivity contribution in [2.75, 3.05) is 13.7 Å². The fraction of sp³-hybridized carbons (Fsp3) is 0.300. The Balaban J connectivity index is 2.95. The summed E-state index contributed by atoms with van der Waals surface area (Å²) < 4.78 is 4.68. The maximum atomic E-state index is 11.3. The minimum atomic E-state index is -0.208. The first-order valence-corrected chi connectivity index (χ1v) is 3.97. The largest absolute Gasteiger partial charge is 0.507 e. The molecule has 13 heavy (non-hydrogen) atoms. The topological polar surface area (TPSA) is 46.5 Å². The Kier molecular flexibility index (Phi) is 3.03. The molecule has 3 heteroatoms. The third kappa shape index (κ3) is 2.29. The summed E-state index contributed by atoms with van der Waals surface area (Å²) >= 11 is 0. The van der Waals surface area contributed by atoms with Gasteiger partial charge >= 0.3 is 0 Å². The Labute approximate surface area is 77.0 Å². The molecule has 0 atom stereocenters. The number of methoxy groups -OCH3 is 1. The molecule has 0 fully saturated rings. The van der Waals surface area contributed by atoms with Crippen LogP contribution in [-0.4, -0.2) is 24.6 Å². The molecule has 0 bridgehead atoms. The lowest BCUT2D eigenvalue weighted by atomic mass is 10.1. The number of benzene rings is 1. The zero-order valence-corrected chi connectivity index (χ0v) is 7.70. The number of hydrogen-bond donors (Lipinski definition) is 1. The Bertz CT molecular complexity index is 318. The zero-order valence-electron chi connectivity index (χ0n) is 7.70. The number of carbonyl (C=O) groups excluding carboxylic acids is 1. The quantitative estimate of drug-likeness (QED) is 0.717. The minimum Gasteiger partial charge on any atom is -0.507 e. The van der Waals surface area contributed by atoms with E-state index in [9.17, 15) is 9.90 Å². The van der Waals surface area contributed by atoms with E-state index in [2.05, 4.69) is 4.74 Å². The SMILES string of the molecule is COCC(=O)c1ccc(C)cc1O. The Morgan fingerprint density at radius 3 is 2.77 bits per heavy atom. The number of phenols is 1. The summed E-state index contributed by atoms with van der Waals surface area (Å²) in [7, 11) is 1.45. The maximum absolute atomic E-state index is 11.3. The van der Waals surface area contributed by atoms with Crippen molar-refractivity contribution in [1.82, 2.24) is 0 Å². The second-order valence-corrected chi connectivity index (χ2v) is 2.88. The van der Waals surface area contributed by atoms with Gasteiger partial charge in [0.2, 0.25) is 0 Å². The molecule has 0 heterocycles. The van der Waals surface area contributed by atoms with Crippen molar-refractivity contribution in [3.8, 4) is 5.75 Å². The summed E-state index contributed by atoms with van der Waals surface area (Å²) in [6, 6.07) is 4.94. The van der Waals surface area contributed by atoms with Gasteiger partial charge in [0, 0.05) is 7.11 Å². The van der Waals surface area contributed by atoms with Crippen molar-refractivity contribution in [2.24, 2.45) is 0 Å². The number of aromatic hydroxyl groups is 1. The molecule has 1 aromatic carbocycles. The normalized spacial score (nSPS) is 10.0. The highest BCUT2D eigenvalue weighted by atomic mass is 16.5. The van der Waals surface area contributed by atoms with Gasteiger partial charge in [0.15, 0.2) is 5.78 Å². The van der Waals surface area contributed by atoms with Crippen molar-refractivity contribution in [1.29, 1.82) is 0 Å². The fourth-order valence-electron chi connectivity index (χ4n) is 1.09. The molecule has 0 amide bonds. The highest BCUT2D eigenvalue weighted by Crippen LogP contribution is 2.18. The lowest BCUT2D eigenvalue weighted by Gasteiger charge is -2.03. The van der Waals surface area contributed by atoms with Crippen molar-refractivity contribution in [3.63, 3.8) is 0 Å². The van der Waals surface area contributed by atoms with Gasteiger partial charge in [-0.15, -0.1) is 0 Å². The van der Waals surface area contributed by atoms with Crippen LogP contribution in [0, 0.1) is 6.92 Å². The van der Waals surface area contributed by atoms with Crippen molar-refractivity contribution >= 4 is 5.78 Å². The molecule has 1 aromatic rings. The van der Waals surface area contributed by atoms with E-state index >= 15 is 0 Å². The van der Waals surface area contributed by atoms with Crippen LogP contribution in [0.25, 0.3) is 0 Å². The highest BCUT2D eigenvalue weighted by molar-refractivity contribution is 5.99. The standard InChI is InChI=1S/C10H12O3/c1-7-3-4-8(9(11)5-7)10(12)6-13-2/h3-5,11H,6H2,1-2H3. The van der Waals surface area contributed by atoms with Crippen LogP contribution in [0.1, 0.15) is 15.9 Å². The van der Waals surface area contributed by atoms with Gasteiger partial charge in [-0.3, -0.25) is 4.79 Å². The number of ether oxygens (including phenoxy) is 1. The summed E-state index contributed by atoms with van der Waals surface area (Å²) in [6.07, 6.45) is 0. The number of Topliss-reactive ketones (excluding diaryl/α,β-unsaturated/α-hetero) is 1. The molecule has 0 unspecified atom stereocenters. The highest BCUT2D eigenvalue weighted by Gasteiger charge is 2.09. The van der Waals surface area contributed by atoms with E-state index in [1.54, 1.807) is 18.2 Å². The number of aryl methyl sites for hydroxylation is 1. The van der Waals surface area contributed by atoms with Crippen LogP contribution in [0.5, 0.6) is 5.75 Å². The summed E-state index contributed by atoms with van der Waals surface area (Å²) in [5.41, 5.74) is 1.24. The van der Waals surface area contributed by atoms with Crippen LogP contribution in [0.3, 0.4) is 0 Å². The molecule has 3 nitrogen and oxygen atoms in total. The molecule has 0 aliphatic carbocycles. The van der Waals surface area contributed by atoms with Gasteiger partial charge in [0.05, 0.1) is 5.56 Å². The molecule has 70 valence electrons. The average Bonchev–Trinajstić information content (AvgIpc) is 2.04. The van der Waals surface area contributed by atoms with E-state index < -0.39 is 0 Å². The summed E-state index contributed by atoms with van der Waals surface area (Å²) in [5, 5.41) is 9.41. The molecule has 1 rings (SSSR count). The second-order valence-electron chi connectivity index (χ2n) is 2.88. The van der Waals surface area contributed by atoms with Crippen LogP contribution < -0.4 is 0 Å². The Morgan fingerprint density at radius 1 is 1.54 bits per heavy atom. The van der Waals surface area contributed by atoms with Gasteiger partial charge in [-0.25, -0.2) is 0 Å². The predicted octanol–water partition coefficient (Wildman–Crippen LogP) is 1.53. The van der Waals surface area contributed by atoms with E-state index in [-0.39, 0.29) is 18.1 Å². The van der Waals surface area contributed by atoms with Crippen molar-refractivity contribution in [2.45, 2.75) is 6.92 Å². The summed E-state index contributed by atoms with van der Waals surface area (Å²) in [6.45, 7) is 1.85. The van der Waals surface area contributed by atoms with Crippen LogP contribution in [0.2, 0.25) is 0 Å². The molecule has 0 saturated carbocycles. The maximum Gasteiger partial charge on any atom is 0.192 e. The number of ketones is 1. The zero-order chi connectivity index (χ0) is 9.84. The third-order valence-electron chi connectivity index (χ3n) is 1.73. The first kappa shape index (κ1) is 9.74.